The van der Waals surface area contributed by atoms with Crippen LogP contribution in [-0.4, -0.2) is 109 Å². The van der Waals surface area contributed by atoms with Gasteiger partial charge in [0.05, 0.1) is 52.9 Å². The van der Waals surface area contributed by atoms with Crippen molar-refractivity contribution < 1.29 is 54.1 Å². The van der Waals surface area contributed by atoms with Crippen molar-refractivity contribution in [2.24, 2.45) is 0 Å². The van der Waals surface area contributed by atoms with Gasteiger partial charge in [0.1, 0.15) is 0 Å². The second-order valence-electron chi connectivity index (χ2n) is 5.05. The fourth-order valence-electron chi connectivity index (χ4n) is 1.45. The summed E-state index contributed by atoms with van der Waals surface area (Å²) in [5.41, 5.74) is 0. The minimum Gasteiger partial charge on any atom is -0.479 e. The van der Waals surface area contributed by atoms with E-state index in [0.717, 1.165) is 6.42 Å². The average Bonchev–Trinajstić information content (AvgIpc) is 2.63. The fraction of sp³-hybridized carbons (Fsp3) is 0.875. The van der Waals surface area contributed by atoms with E-state index in [9.17, 15) is 9.59 Å². The van der Waals surface area contributed by atoms with Crippen molar-refractivity contribution >= 4 is 11.9 Å². The summed E-state index contributed by atoms with van der Waals surface area (Å²) in [5.74, 6) is -3.08. The molecular weight excluding hydrogens is 368 g/mol. The van der Waals surface area contributed by atoms with Crippen LogP contribution >= 0.6 is 0 Å². The van der Waals surface area contributed by atoms with Crippen molar-refractivity contribution in [2.45, 2.75) is 32.0 Å². The maximum atomic E-state index is 10.5. The monoisotopic (exact) mass is 400 g/mol. The number of carboxylic acids is 2. The van der Waals surface area contributed by atoms with Crippen LogP contribution in [0.1, 0.15) is 19.8 Å². The summed E-state index contributed by atoms with van der Waals surface area (Å²) in [7, 11) is 0. The maximum absolute atomic E-state index is 10.5. The van der Waals surface area contributed by atoms with Crippen LogP contribution in [0.2, 0.25) is 0 Å². The first kappa shape index (κ1) is 27.9. The third-order valence-electron chi connectivity index (χ3n) is 2.79. The molecule has 0 rings (SSSR count). The van der Waals surface area contributed by atoms with E-state index in [1.54, 1.807) is 0 Å². The summed E-state index contributed by atoms with van der Waals surface area (Å²) < 4.78 is 19.8. The minimum atomic E-state index is -2.02. The van der Waals surface area contributed by atoms with Crippen LogP contribution in [-0.2, 0) is 28.5 Å². The Kier molecular flexibility index (Phi) is 21.6. The molecule has 0 saturated heterocycles. The standard InChI is InChI=1S/C8H14O6.C8H18O5/c1-2-3-4-14-6(8(12)13)5(9)7(10)11;9-1-3-11-5-7-13-8-6-12-4-2-10/h5-6,9H,2-4H2,1H3,(H,10,11)(H,12,13);9-10H,1-8H2. The zero-order chi connectivity index (χ0) is 20.9. The molecule has 162 valence electrons. The molecular formula is C16H32O11. The molecule has 5 N–H and O–H groups in total. The second kappa shape index (κ2) is 21.0. The van der Waals surface area contributed by atoms with E-state index in [1.165, 1.54) is 0 Å². The molecule has 0 spiro atoms. The highest BCUT2D eigenvalue weighted by Crippen LogP contribution is 2.02. The summed E-state index contributed by atoms with van der Waals surface area (Å²) in [6.45, 7) is 4.77. The molecule has 2 atom stereocenters. The number of hydrogen-bond acceptors (Lipinski definition) is 9. The lowest BCUT2D eigenvalue weighted by atomic mass is 10.2. The van der Waals surface area contributed by atoms with Gasteiger partial charge in [0.25, 0.3) is 0 Å². The Bertz CT molecular complexity index is 341. The van der Waals surface area contributed by atoms with Gasteiger partial charge in [0.2, 0.25) is 0 Å². The molecule has 0 aromatic rings. The number of rotatable bonds is 17. The molecule has 11 heteroatoms. The quantitative estimate of drug-likeness (QED) is 0.184. The number of aliphatic carboxylic acids is 2. The van der Waals surface area contributed by atoms with Crippen molar-refractivity contribution in [2.75, 3.05) is 59.5 Å². The second-order valence-corrected chi connectivity index (χ2v) is 5.05. The van der Waals surface area contributed by atoms with Crippen molar-refractivity contribution in [1.29, 1.82) is 0 Å². The highest BCUT2D eigenvalue weighted by atomic mass is 16.5. The minimum absolute atomic E-state index is 0.0413. The lowest BCUT2D eigenvalue weighted by Crippen LogP contribution is -2.41. The van der Waals surface area contributed by atoms with Gasteiger partial charge in [-0.15, -0.1) is 0 Å². The number of aliphatic hydroxyl groups is 3. The molecule has 0 saturated carbocycles. The Labute approximate surface area is 158 Å². The topological polar surface area (TPSA) is 172 Å². The van der Waals surface area contributed by atoms with Gasteiger partial charge >= 0.3 is 11.9 Å². The average molecular weight is 400 g/mol. The van der Waals surface area contributed by atoms with Crippen LogP contribution in [0.3, 0.4) is 0 Å². The predicted molar refractivity (Wildman–Crippen MR) is 92.6 cm³/mol. The molecule has 0 aromatic carbocycles. The summed E-state index contributed by atoms with van der Waals surface area (Å²) in [5, 5.41) is 42.6. The normalized spacial score (nSPS) is 12.7. The zero-order valence-electron chi connectivity index (χ0n) is 15.6. The molecule has 0 aliphatic rings. The van der Waals surface area contributed by atoms with E-state index in [-0.39, 0.29) is 19.8 Å². The lowest BCUT2D eigenvalue weighted by molar-refractivity contribution is -0.171. The van der Waals surface area contributed by atoms with E-state index >= 15 is 0 Å². The highest BCUT2D eigenvalue weighted by Gasteiger charge is 2.32. The Morgan fingerprint density at radius 2 is 1.22 bits per heavy atom. The summed E-state index contributed by atoms with van der Waals surface area (Å²) in [6.07, 6.45) is -2.30. The number of aliphatic hydroxyl groups excluding tert-OH is 3. The molecule has 0 aliphatic carbocycles. The lowest BCUT2D eigenvalue weighted by Gasteiger charge is -2.15. The van der Waals surface area contributed by atoms with Crippen LogP contribution in [0.15, 0.2) is 0 Å². The molecule has 0 fully saturated rings. The highest BCUT2D eigenvalue weighted by molar-refractivity contribution is 5.83. The van der Waals surface area contributed by atoms with Crippen molar-refractivity contribution in [3.05, 3.63) is 0 Å². The largest absolute Gasteiger partial charge is 0.479 e. The Morgan fingerprint density at radius 1 is 0.778 bits per heavy atom. The summed E-state index contributed by atoms with van der Waals surface area (Å²) >= 11 is 0. The zero-order valence-corrected chi connectivity index (χ0v) is 15.6. The van der Waals surface area contributed by atoms with Crippen LogP contribution in [0.25, 0.3) is 0 Å². The number of ether oxygens (including phenoxy) is 4. The molecule has 0 radical (unpaired) electrons. The van der Waals surface area contributed by atoms with Gasteiger partial charge in [0.15, 0.2) is 12.2 Å². The third-order valence-corrected chi connectivity index (χ3v) is 2.79. The van der Waals surface area contributed by atoms with E-state index in [0.29, 0.717) is 46.1 Å². The smallest absolute Gasteiger partial charge is 0.336 e. The Morgan fingerprint density at radius 3 is 1.56 bits per heavy atom. The van der Waals surface area contributed by atoms with Crippen LogP contribution in [0, 0.1) is 0 Å². The molecule has 0 aromatic heterocycles. The Balaban J connectivity index is 0. The Hall–Kier alpha value is -1.34. The first-order chi connectivity index (χ1) is 12.9. The third kappa shape index (κ3) is 19.2. The first-order valence-corrected chi connectivity index (χ1v) is 8.62. The first-order valence-electron chi connectivity index (χ1n) is 8.62. The van der Waals surface area contributed by atoms with Gasteiger partial charge in [-0.1, -0.05) is 13.3 Å². The van der Waals surface area contributed by atoms with Crippen molar-refractivity contribution in [3.8, 4) is 0 Å². The molecule has 0 amide bonds. The fourth-order valence-corrected chi connectivity index (χ4v) is 1.45. The molecule has 0 heterocycles. The van der Waals surface area contributed by atoms with Gasteiger partial charge in [-0.05, 0) is 6.42 Å². The van der Waals surface area contributed by atoms with E-state index < -0.39 is 24.1 Å². The molecule has 2 unspecified atom stereocenters. The van der Waals surface area contributed by atoms with Crippen molar-refractivity contribution in [1.82, 2.24) is 0 Å². The van der Waals surface area contributed by atoms with Gasteiger partial charge in [-0.3, -0.25) is 0 Å². The molecule has 11 nitrogen and oxygen atoms in total. The van der Waals surface area contributed by atoms with Gasteiger partial charge < -0.3 is 44.5 Å². The summed E-state index contributed by atoms with van der Waals surface area (Å²) in [6, 6.07) is 0. The van der Waals surface area contributed by atoms with Gasteiger partial charge in [-0.2, -0.15) is 0 Å². The number of hydrogen-bond donors (Lipinski definition) is 5. The van der Waals surface area contributed by atoms with E-state index in [4.69, 9.17) is 44.5 Å². The van der Waals surface area contributed by atoms with Crippen molar-refractivity contribution in [3.63, 3.8) is 0 Å². The number of unbranched alkanes of at least 4 members (excludes halogenated alkanes) is 1. The summed E-state index contributed by atoms with van der Waals surface area (Å²) in [4.78, 5) is 20.8. The SMILES string of the molecule is CCCCOC(C(=O)O)C(O)C(=O)O.OCCOCCOCCOCCO. The molecule has 0 aliphatic heterocycles. The maximum Gasteiger partial charge on any atom is 0.336 e. The number of carboxylic acid groups (broad SMARTS) is 2. The van der Waals surface area contributed by atoms with E-state index in [1.807, 2.05) is 6.92 Å². The van der Waals surface area contributed by atoms with Crippen LogP contribution in [0.4, 0.5) is 0 Å². The predicted octanol–water partition coefficient (Wildman–Crippen LogP) is -1.28. The van der Waals surface area contributed by atoms with E-state index in [2.05, 4.69) is 0 Å². The van der Waals surface area contributed by atoms with Gasteiger partial charge in [-0.25, -0.2) is 9.59 Å². The molecule has 27 heavy (non-hydrogen) atoms. The van der Waals surface area contributed by atoms with Crippen LogP contribution < -0.4 is 0 Å². The van der Waals surface area contributed by atoms with Gasteiger partial charge in [0, 0.05) is 6.61 Å². The molecule has 0 bridgehead atoms. The number of carbonyl (C=O) groups is 2. The van der Waals surface area contributed by atoms with Crippen LogP contribution in [0.5, 0.6) is 0 Å².